The van der Waals surface area contributed by atoms with Crippen molar-refractivity contribution in [1.29, 1.82) is 0 Å². The molecule has 1 aliphatic heterocycles. The fraction of sp³-hybridized carbons (Fsp3) is 0.435. The predicted octanol–water partition coefficient (Wildman–Crippen LogP) is 3.11. The van der Waals surface area contributed by atoms with Gasteiger partial charge >= 0.3 is 0 Å². The molecule has 0 spiro atoms. The fourth-order valence-corrected chi connectivity index (χ4v) is 3.98. The highest BCUT2D eigenvalue weighted by Gasteiger charge is 2.23. The minimum Gasteiger partial charge on any atom is -0.371 e. The minimum absolute atomic E-state index is 0.0181. The summed E-state index contributed by atoms with van der Waals surface area (Å²) in [5, 5.41) is 8.79. The van der Waals surface area contributed by atoms with Crippen molar-refractivity contribution in [3.63, 3.8) is 0 Å². The molecule has 4 rings (SSSR count). The third kappa shape index (κ3) is 4.46. The molecule has 0 saturated carbocycles. The van der Waals surface area contributed by atoms with Gasteiger partial charge in [-0.25, -0.2) is 9.36 Å². The quantitative estimate of drug-likeness (QED) is 0.630. The maximum absolute atomic E-state index is 12.7. The monoisotopic (exact) mass is 406 g/mol. The lowest BCUT2D eigenvalue weighted by Gasteiger charge is -2.33. The van der Waals surface area contributed by atoms with Gasteiger partial charge in [0.15, 0.2) is 0 Å². The van der Waals surface area contributed by atoms with Gasteiger partial charge in [0, 0.05) is 44.6 Å². The molecule has 1 aliphatic rings. The molecule has 0 N–H and O–H groups in total. The number of nitrogens with zero attached hydrogens (tertiary/aromatic N) is 6. The van der Waals surface area contributed by atoms with Crippen molar-refractivity contribution in [2.45, 2.75) is 45.3 Å². The molecule has 1 unspecified atom stereocenters. The lowest BCUT2D eigenvalue weighted by atomic mass is 10.0. The maximum atomic E-state index is 12.7. The number of piperidine rings is 1. The summed E-state index contributed by atoms with van der Waals surface area (Å²) < 4.78 is 3.53. The smallest absolute Gasteiger partial charge is 0.269 e. The topological polar surface area (TPSA) is 59.2 Å². The molecule has 158 valence electrons. The molecule has 3 aromatic rings. The van der Waals surface area contributed by atoms with Crippen LogP contribution >= 0.6 is 0 Å². The van der Waals surface area contributed by atoms with Gasteiger partial charge in [-0.2, -0.15) is 10.2 Å². The van der Waals surface area contributed by atoms with Crippen molar-refractivity contribution < 1.29 is 0 Å². The van der Waals surface area contributed by atoms with Crippen LogP contribution in [0, 0.1) is 0 Å². The average molecular weight is 407 g/mol. The van der Waals surface area contributed by atoms with Gasteiger partial charge in [0.05, 0.1) is 23.6 Å². The van der Waals surface area contributed by atoms with E-state index in [0.717, 1.165) is 43.9 Å². The van der Waals surface area contributed by atoms with E-state index in [1.54, 1.807) is 16.9 Å². The summed E-state index contributed by atoms with van der Waals surface area (Å²) in [4.78, 5) is 17.2. The van der Waals surface area contributed by atoms with Crippen LogP contribution in [-0.4, -0.2) is 50.6 Å². The molecule has 7 nitrogen and oxygen atoms in total. The zero-order chi connectivity index (χ0) is 21.1. The average Bonchev–Trinajstić information content (AvgIpc) is 3.29. The van der Waals surface area contributed by atoms with Crippen LogP contribution in [0.5, 0.6) is 0 Å². The predicted molar refractivity (Wildman–Crippen MR) is 119 cm³/mol. The Hall–Kier alpha value is -2.93. The molecule has 1 fully saturated rings. The van der Waals surface area contributed by atoms with E-state index < -0.39 is 0 Å². The van der Waals surface area contributed by atoms with Crippen LogP contribution in [0.4, 0.5) is 5.69 Å². The Kier molecular flexibility index (Phi) is 5.99. The van der Waals surface area contributed by atoms with E-state index in [2.05, 4.69) is 58.1 Å². The molecule has 1 atom stereocenters. The number of anilines is 1. The second kappa shape index (κ2) is 8.83. The first-order chi connectivity index (χ1) is 14.5. The number of hydrogen-bond acceptors (Lipinski definition) is 5. The van der Waals surface area contributed by atoms with Gasteiger partial charge in [0.25, 0.3) is 5.56 Å². The van der Waals surface area contributed by atoms with Crippen molar-refractivity contribution >= 4 is 5.69 Å². The molecule has 0 bridgehead atoms. The van der Waals surface area contributed by atoms with Gasteiger partial charge < -0.3 is 4.90 Å². The van der Waals surface area contributed by atoms with Crippen LogP contribution in [0.15, 0.2) is 59.8 Å². The van der Waals surface area contributed by atoms with Gasteiger partial charge in [0.1, 0.15) is 0 Å². The Morgan fingerprint density at radius 1 is 1.20 bits per heavy atom. The Morgan fingerprint density at radius 2 is 2.00 bits per heavy atom. The molecular formula is C23H30N6O. The molecule has 1 saturated heterocycles. The molecule has 7 heteroatoms. The van der Waals surface area contributed by atoms with Crippen molar-refractivity contribution in [1.82, 2.24) is 24.5 Å². The molecule has 0 amide bonds. The molecule has 0 aliphatic carbocycles. The summed E-state index contributed by atoms with van der Waals surface area (Å²) >= 11 is 0. The number of aromatic nitrogens is 4. The van der Waals surface area contributed by atoms with Gasteiger partial charge in [-0.1, -0.05) is 12.1 Å². The Labute approximate surface area is 177 Å². The van der Waals surface area contributed by atoms with Crippen LogP contribution in [-0.2, 0) is 6.54 Å². The first-order valence-electron chi connectivity index (χ1n) is 10.6. The van der Waals surface area contributed by atoms with E-state index >= 15 is 0 Å². The standard InChI is InChI=1S/C23H30N6O/c1-18(2)26(3)22-14-23(30)29(25-15-22)21-6-4-12-27(17-21)16-19-7-9-20(10-8-19)28-13-5-11-24-28/h5,7-11,13-15,18,21H,4,6,12,16-17H2,1-3H3. The number of likely N-dealkylation sites (tertiary alicyclic amines) is 1. The van der Waals surface area contributed by atoms with Gasteiger partial charge in [-0.15, -0.1) is 0 Å². The zero-order valence-electron chi connectivity index (χ0n) is 18.0. The van der Waals surface area contributed by atoms with Gasteiger partial charge in [-0.3, -0.25) is 9.69 Å². The van der Waals surface area contributed by atoms with E-state index in [-0.39, 0.29) is 11.6 Å². The third-order valence-corrected chi connectivity index (χ3v) is 5.93. The normalized spacial score (nSPS) is 17.4. The molecule has 2 aromatic heterocycles. The summed E-state index contributed by atoms with van der Waals surface area (Å²) in [5.74, 6) is 0. The number of hydrogen-bond donors (Lipinski definition) is 0. The third-order valence-electron chi connectivity index (χ3n) is 5.93. The minimum atomic E-state index is -0.0181. The largest absolute Gasteiger partial charge is 0.371 e. The molecule has 3 heterocycles. The fourth-order valence-electron chi connectivity index (χ4n) is 3.98. The van der Waals surface area contributed by atoms with Crippen LogP contribution < -0.4 is 10.5 Å². The SMILES string of the molecule is CC(C)N(C)c1cnn(C2CCCN(Cc3ccc(-n4cccn4)cc3)C2)c(=O)c1. The summed E-state index contributed by atoms with van der Waals surface area (Å²) in [7, 11) is 1.99. The Balaban J connectivity index is 1.43. The highest BCUT2D eigenvalue weighted by molar-refractivity contribution is 5.42. The second-order valence-corrected chi connectivity index (χ2v) is 8.35. The molecule has 1 aromatic carbocycles. The van der Waals surface area contributed by atoms with Crippen molar-refractivity contribution in [3.05, 3.63) is 70.9 Å². The van der Waals surface area contributed by atoms with E-state index in [1.165, 1.54) is 5.56 Å². The first-order valence-corrected chi connectivity index (χ1v) is 10.6. The lowest BCUT2D eigenvalue weighted by molar-refractivity contribution is 0.160. The summed E-state index contributed by atoms with van der Waals surface area (Å²) in [5.41, 5.74) is 3.18. The summed E-state index contributed by atoms with van der Waals surface area (Å²) in [6.45, 7) is 6.96. The van der Waals surface area contributed by atoms with Crippen LogP contribution in [0.2, 0.25) is 0 Å². The highest BCUT2D eigenvalue weighted by atomic mass is 16.1. The summed E-state index contributed by atoms with van der Waals surface area (Å²) in [6.07, 6.45) is 7.59. The number of benzene rings is 1. The van der Waals surface area contributed by atoms with Crippen LogP contribution in [0.3, 0.4) is 0 Å². The lowest BCUT2D eigenvalue weighted by Crippen LogP contribution is -2.40. The molecule has 0 radical (unpaired) electrons. The zero-order valence-corrected chi connectivity index (χ0v) is 18.0. The van der Waals surface area contributed by atoms with E-state index in [1.807, 2.05) is 30.2 Å². The molecule has 30 heavy (non-hydrogen) atoms. The van der Waals surface area contributed by atoms with Crippen LogP contribution in [0.1, 0.15) is 38.3 Å². The van der Waals surface area contributed by atoms with Crippen molar-refractivity contribution in [2.75, 3.05) is 25.0 Å². The van der Waals surface area contributed by atoms with E-state index in [9.17, 15) is 4.79 Å². The van der Waals surface area contributed by atoms with Crippen LogP contribution in [0.25, 0.3) is 5.69 Å². The maximum Gasteiger partial charge on any atom is 0.269 e. The Morgan fingerprint density at radius 3 is 2.67 bits per heavy atom. The van der Waals surface area contributed by atoms with Gasteiger partial charge in [-0.05, 0) is 57.0 Å². The number of rotatable bonds is 6. The highest BCUT2D eigenvalue weighted by Crippen LogP contribution is 2.22. The molecular weight excluding hydrogens is 376 g/mol. The van der Waals surface area contributed by atoms with Gasteiger partial charge in [0.2, 0.25) is 0 Å². The van der Waals surface area contributed by atoms with Crippen molar-refractivity contribution in [2.24, 2.45) is 0 Å². The summed E-state index contributed by atoms with van der Waals surface area (Å²) in [6, 6.07) is 12.6. The second-order valence-electron chi connectivity index (χ2n) is 8.35. The van der Waals surface area contributed by atoms with E-state index in [4.69, 9.17) is 0 Å². The van der Waals surface area contributed by atoms with Crippen molar-refractivity contribution in [3.8, 4) is 5.69 Å². The Bertz CT molecular complexity index is 1010. The first kappa shape index (κ1) is 20.3. The van der Waals surface area contributed by atoms with E-state index in [0.29, 0.717) is 6.04 Å².